The number of aryl methyl sites for hydroxylation is 1. The van der Waals surface area contributed by atoms with E-state index in [1.54, 1.807) is 16.2 Å². The predicted octanol–water partition coefficient (Wildman–Crippen LogP) is 0.298. The van der Waals surface area contributed by atoms with Crippen LogP contribution >= 0.6 is 0 Å². The standard InChI is InChI=1S/C19H27N5O3/c1-20-12-8-10-23(11-9-12)13-4-3-5-14-17(13)22(2)19(27)24(14)15-6-7-16(25)21-18(15)26/h3-5,12,15-16,20,25H,6-11H2,1-2H3,(H,21,26). The summed E-state index contributed by atoms with van der Waals surface area (Å²) in [7, 11) is 3.76. The monoisotopic (exact) mass is 373 g/mol. The highest BCUT2D eigenvalue weighted by molar-refractivity contribution is 5.91. The molecule has 4 rings (SSSR count). The van der Waals surface area contributed by atoms with E-state index in [2.05, 4.69) is 21.6 Å². The molecule has 27 heavy (non-hydrogen) atoms. The Labute approximate surface area is 157 Å². The number of carbonyl (C=O) groups is 1. The molecule has 2 aliphatic rings. The van der Waals surface area contributed by atoms with E-state index in [1.165, 1.54) is 0 Å². The molecule has 2 atom stereocenters. The van der Waals surface area contributed by atoms with E-state index in [0.29, 0.717) is 18.9 Å². The Kier molecular flexibility index (Phi) is 4.69. The largest absolute Gasteiger partial charge is 0.374 e. The first-order chi connectivity index (χ1) is 13.0. The first kappa shape index (κ1) is 18.1. The number of amides is 1. The molecule has 0 aliphatic carbocycles. The Bertz CT molecular complexity index is 910. The highest BCUT2D eigenvalue weighted by atomic mass is 16.3. The summed E-state index contributed by atoms with van der Waals surface area (Å²) >= 11 is 0. The van der Waals surface area contributed by atoms with Crippen LogP contribution in [-0.2, 0) is 11.8 Å². The minimum Gasteiger partial charge on any atom is -0.374 e. The van der Waals surface area contributed by atoms with E-state index >= 15 is 0 Å². The smallest absolute Gasteiger partial charge is 0.329 e. The number of aromatic nitrogens is 2. The van der Waals surface area contributed by atoms with Crippen molar-refractivity contribution in [3.8, 4) is 0 Å². The average Bonchev–Trinajstić information content (AvgIpc) is 2.93. The van der Waals surface area contributed by atoms with Gasteiger partial charge in [0.1, 0.15) is 12.3 Å². The zero-order valence-corrected chi connectivity index (χ0v) is 15.8. The number of anilines is 1. The van der Waals surface area contributed by atoms with Gasteiger partial charge in [-0.2, -0.15) is 0 Å². The molecule has 2 unspecified atom stereocenters. The highest BCUT2D eigenvalue weighted by Crippen LogP contribution is 2.31. The van der Waals surface area contributed by atoms with Crippen LogP contribution in [0.15, 0.2) is 23.0 Å². The average molecular weight is 373 g/mol. The van der Waals surface area contributed by atoms with Gasteiger partial charge < -0.3 is 20.6 Å². The summed E-state index contributed by atoms with van der Waals surface area (Å²) in [5.74, 6) is -0.302. The molecule has 8 heteroatoms. The lowest BCUT2D eigenvalue weighted by atomic mass is 10.0. The van der Waals surface area contributed by atoms with Crippen molar-refractivity contribution >= 4 is 22.6 Å². The maximum absolute atomic E-state index is 13.0. The Morgan fingerprint density at radius 2 is 1.89 bits per heavy atom. The molecule has 2 fully saturated rings. The molecular formula is C19H27N5O3. The first-order valence-corrected chi connectivity index (χ1v) is 9.62. The van der Waals surface area contributed by atoms with Crippen LogP contribution in [0.4, 0.5) is 5.69 Å². The lowest BCUT2D eigenvalue weighted by Crippen LogP contribution is -2.46. The lowest BCUT2D eigenvalue weighted by molar-refractivity contribution is -0.130. The van der Waals surface area contributed by atoms with Gasteiger partial charge in [-0.1, -0.05) is 6.07 Å². The van der Waals surface area contributed by atoms with E-state index < -0.39 is 12.3 Å². The summed E-state index contributed by atoms with van der Waals surface area (Å²) in [6.07, 6.45) is 2.18. The van der Waals surface area contributed by atoms with Crippen LogP contribution in [0.3, 0.4) is 0 Å². The summed E-state index contributed by atoms with van der Waals surface area (Å²) in [4.78, 5) is 27.7. The van der Waals surface area contributed by atoms with E-state index in [4.69, 9.17) is 0 Å². The molecule has 2 aromatic rings. The number of carbonyl (C=O) groups excluding carboxylic acids is 1. The van der Waals surface area contributed by atoms with Gasteiger partial charge in [-0.15, -0.1) is 0 Å². The van der Waals surface area contributed by atoms with Gasteiger partial charge in [0, 0.05) is 26.2 Å². The number of imidazole rings is 1. The fraction of sp³-hybridized carbons (Fsp3) is 0.579. The maximum Gasteiger partial charge on any atom is 0.329 e. The van der Waals surface area contributed by atoms with Gasteiger partial charge >= 0.3 is 5.69 Å². The fourth-order valence-electron chi connectivity index (χ4n) is 4.41. The molecule has 3 N–H and O–H groups in total. The SMILES string of the molecule is CNC1CCN(c2cccc3c2n(C)c(=O)n3C2CCC(O)NC2=O)CC1. The van der Waals surface area contributed by atoms with Crippen molar-refractivity contribution in [1.82, 2.24) is 19.8 Å². The van der Waals surface area contributed by atoms with Gasteiger partial charge in [0.05, 0.1) is 16.7 Å². The van der Waals surface area contributed by atoms with E-state index in [0.717, 1.165) is 42.7 Å². The van der Waals surface area contributed by atoms with Crippen LogP contribution in [0.2, 0.25) is 0 Å². The Hall–Kier alpha value is -2.32. The number of para-hydroxylation sites is 1. The van der Waals surface area contributed by atoms with Gasteiger partial charge in [-0.25, -0.2) is 4.79 Å². The number of aliphatic hydroxyl groups excluding tert-OH is 1. The molecule has 1 amide bonds. The maximum atomic E-state index is 13.0. The van der Waals surface area contributed by atoms with Gasteiger partial charge in [-0.05, 0) is 44.9 Å². The van der Waals surface area contributed by atoms with Crippen LogP contribution in [0.1, 0.15) is 31.7 Å². The minimum absolute atomic E-state index is 0.195. The van der Waals surface area contributed by atoms with Crippen molar-refractivity contribution in [1.29, 1.82) is 0 Å². The normalized spacial score (nSPS) is 24.4. The van der Waals surface area contributed by atoms with E-state index in [9.17, 15) is 14.7 Å². The molecule has 0 bridgehead atoms. The number of nitrogens with one attached hydrogen (secondary N) is 2. The second kappa shape index (κ2) is 7.01. The number of hydrogen-bond donors (Lipinski definition) is 3. The van der Waals surface area contributed by atoms with E-state index in [-0.39, 0.29) is 11.6 Å². The summed E-state index contributed by atoms with van der Waals surface area (Å²) in [5.41, 5.74) is 2.48. The molecule has 2 aliphatic heterocycles. The topological polar surface area (TPSA) is 91.5 Å². The number of benzene rings is 1. The molecule has 0 radical (unpaired) electrons. The molecule has 2 saturated heterocycles. The van der Waals surface area contributed by atoms with Crippen molar-refractivity contribution in [2.75, 3.05) is 25.0 Å². The minimum atomic E-state index is -0.830. The third kappa shape index (κ3) is 3.02. The van der Waals surface area contributed by atoms with Crippen molar-refractivity contribution in [3.05, 3.63) is 28.7 Å². The van der Waals surface area contributed by atoms with Crippen molar-refractivity contribution in [2.45, 2.75) is 44.0 Å². The van der Waals surface area contributed by atoms with Crippen LogP contribution < -0.4 is 21.2 Å². The number of nitrogens with zero attached hydrogens (tertiary/aromatic N) is 3. The van der Waals surface area contributed by atoms with Crippen molar-refractivity contribution < 1.29 is 9.90 Å². The second-order valence-electron chi connectivity index (χ2n) is 7.52. The molecule has 0 spiro atoms. The number of aliphatic hydroxyl groups is 1. The number of piperidine rings is 2. The Morgan fingerprint density at radius 3 is 2.56 bits per heavy atom. The Balaban J connectivity index is 1.77. The van der Waals surface area contributed by atoms with Gasteiger partial charge in [0.25, 0.3) is 0 Å². The number of hydrogen-bond acceptors (Lipinski definition) is 5. The molecule has 1 aromatic heterocycles. The Morgan fingerprint density at radius 1 is 1.15 bits per heavy atom. The number of rotatable bonds is 3. The third-order valence-electron chi connectivity index (χ3n) is 5.96. The molecule has 1 aromatic carbocycles. The van der Waals surface area contributed by atoms with Crippen molar-refractivity contribution in [2.24, 2.45) is 7.05 Å². The van der Waals surface area contributed by atoms with Gasteiger partial charge in [-0.3, -0.25) is 13.9 Å². The lowest BCUT2D eigenvalue weighted by Gasteiger charge is -2.34. The van der Waals surface area contributed by atoms with E-state index in [1.807, 2.05) is 19.2 Å². The quantitative estimate of drug-likeness (QED) is 0.720. The summed E-state index contributed by atoms with van der Waals surface area (Å²) in [6.45, 7) is 1.86. The molecular weight excluding hydrogens is 346 g/mol. The van der Waals surface area contributed by atoms with Gasteiger partial charge in [0.15, 0.2) is 0 Å². The number of fused-ring (bicyclic) bond motifs is 1. The third-order valence-corrected chi connectivity index (χ3v) is 5.96. The molecule has 3 heterocycles. The fourth-order valence-corrected chi connectivity index (χ4v) is 4.41. The summed E-state index contributed by atoms with van der Waals surface area (Å²) < 4.78 is 3.23. The second-order valence-corrected chi connectivity index (χ2v) is 7.52. The molecule has 146 valence electrons. The van der Waals surface area contributed by atoms with Crippen LogP contribution in [-0.4, -0.2) is 52.6 Å². The predicted molar refractivity (Wildman–Crippen MR) is 104 cm³/mol. The van der Waals surface area contributed by atoms with Crippen LogP contribution in [0.25, 0.3) is 11.0 Å². The highest BCUT2D eigenvalue weighted by Gasteiger charge is 2.32. The van der Waals surface area contributed by atoms with Crippen LogP contribution in [0.5, 0.6) is 0 Å². The summed E-state index contributed by atoms with van der Waals surface area (Å²) in [6, 6.07) is 5.85. The van der Waals surface area contributed by atoms with Gasteiger partial charge in [0.2, 0.25) is 5.91 Å². The zero-order valence-electron chi connectivity index (χ0n) is 15.8. The first-order valence-electron chi connectivity index (χ1n) is 9.62. The molecule has 0 saturated carbocycles. The summed E-state index contributed by atoms with van der Waals surface area (Å²) in [5, 5.41) is 15.5. The van der Waals surface area contributed by atoms with Crippen LogP contribution in [0, 0.1) is 0 Å². The zero-order chi connectivity index (χ0) is 19.1. The van der Waals surface area contributed by atoms with Crippen molar-refractivity contribution in [3.63, 3.8) is 0 Å². The molecule has 8 nitrogen and oxygen atoms in total.